The molecule has 0 saturated carbocycles. The zero-order valence-electron chi connectivity index (χ0n) is 11.1. The minimum absolute atomic E-state index is 0.102. The van der Waals surface area contributed by atoms with E-state index >= 15 is 0 Å². The number of nitrogens with two attached hydrogens (primary N) is 1. The van der Waals surface area contributed by atoms with Crippen LogP contribution in [0.3, 0.4) is 0 Å². The van der Waals surface area contributed by atoms with Crippen LogP contribution in [0.25, 0.3) is 0 Å². The second kappa shape index (κ2) is 5.96. The minimum Gasteiger partial charge on any atom is -0.491 e. The fourth-order valence-electron chi connectivity index (χ4n) is 1.78. The summed E-state index contributed by atoms with van der Waals surface area (Å²) in [5.41, 5.74) is 5.26. The molecule has 0 unspecified atom stereocenters. The second-order valence-corrected chi connectivity index (χ2v) is 4.83. The summed E-state index contributed by atoms with van der Waals surface area (Å²) in [7, 11) is 0. The van der Waals surface area contributed by atoms with Crippen LogP contribution in [0.5, 0.6) is 5.75 Å². The maximum atomic E-state index is 13.7. The molecular formula is C14H20FNO2. The number of ether oxygens (including phenoxy) is 1. The van der Waals surface area contributed by atoms with E-state index in [4.69, 9.17) is 10.5 Å². The van der Waals surface area contributed by atoms with E-state index < -0.39 is 11.2 Å². The Morgan fingerprint density at radius 2 is 2.11 bits per heavy atom. The van der Waals surface area contributed by atoms with Crippen LogP contribution >= 0.6 is 0 Å². The average Bonchev–Trinajstić information content (AvgIpc) is 2.31. The number of carbonyl (C=O) groups excluding carboxylic acids is 1. The maximum absolute atomic E-state index is 13.7. The molecule has 0 aliphatic heterocycles. The molecule has 2 N–H and O–H groups in total. The molecule has 0 fully saturated rings. The third-order valence-corrected chi connectivity index (χ3v) is 2.88. The van der Waals surface area contributed by atoms with E-state index in [1.807, 2.05) is 13.8 Å². The third-order valence-electron chi connectivity index (χ3n) is 2.88. The van der Waals surface area contributed by atoms with Gasteiger partial charge in [0.2, 0.25) is 0 Å². The summed E-state index contributed by atoms with van der Waals surface area (Å²) < 4.78 is 18.8. The summed E-state index contributed by atoms with van der Waals surface area (Å²) in [6, 6.07) is 4.31. The van der Waals surface area contributed by atoms with Gasteiger partial charge in [0.05, 0.1) is 6.61 Å². The lowest BCUT2D eigenvalue weighted by atomic mass is 9.81. The van der Waals surface area contributed by atoms with Crippen molar-refractivity contribution in [2.24, 2.45) is 11.1 Å². The number of rotatable bonds is 6. The number of benzene rings is 1. The van der Waals surface area contributed by atoms with E-state index in [1.54, 1.807) is 13.0 Å². The summed E-state index contributed by atoms with van der Waals surface area (Å²) in [6.07, 6.45) is 0.570. The van der Waals surface area contributed by atoms with Crippen LogP contribution in [0.1, 0.15) is 37.6 Å². The van der Waals surface area contributed by atoms with Crippen LogP contribution in [-0.4, -0.2) is 18.9 Å². The number of halogens is 1. The summed E-state index contributed by atoms with van der Waals surface area (Å²) in [6.45, 7) is 6.23. The minimum atomic E-state index is -0.575. The van der Waals surface area contributed by atoms with Gasteiger partial charge < -0.3 is 10.5 Å². The standard InChI is InChI=1S/C14H20FNO2/c1-4-18-12-6-5-10(9-11(12)15)13(17)14(2,3)7-8-16/h5-6,9H,4,7-8,16H2,1-3H3. The van der Waals surface area contributed by atoms with E-state index in [9.17, 15) is 9.18 Å². The molecule has 1 aromatic rings. The van der Waals surface area contributed by atoms with Gasteiger partial charge in [-0.15, -0.1) is 0 Å². The molecule has 0 saturated heterocycles. The summed E-state index contributed by atoms with van der Waals surface area (Å²) in [4.78, 5) is 12.2. The lowest BCUT2D eigenvalue weighted by Crippen LogP contribution is -2.27. The molecular weight excluding hydrogens is 233 g/mol. The fraction of sp³-hybridized carbons (Fsp3) is 0.500. The van der Waals surface area contributed by atoms with E-state index in [-0.39, 0.29) is 11.5 Å². The molecule has 0 atom stereocenters. The van der Waals surface area contributed by atoms with Crippen molar-refractivity contribution in [3.05, 3.63) is 29.6 Å². The monoisotopic (exact) mass is 253 g/mol. The highest BCUT2D eigenvalue weighted by Crippen LogP contribution is 2.27. The van der Waals surface area contributed by atoms with Gasteiger partial charge in [0.1, 0.15) is 0 Å². The Labute approximate surface area is 107 Å². The Balaban J connectivity index is 2.97. The molecule has 100 valence electrons. The Morgan fingerprint density at radius 3 is 2.61 bits per heavy atom. The van der Waals surface area contributed by atoms with Gasteiger partial charge in [-0.05, 0) is 38.1 Å². The summed E-state index contributed by atoms with van der Waals surface area (Å²) in [5.74, 6) is -0.438. The quantitative estimate of drug-likeness (QED) is 0.793. The number of carbonyl (C=O) groups is 1. The Kier molecular flexibility index (Phi) is 4.84. The SMILES string of the molecule is CCOc1ccc(C(=O)C(C)(C)CCN)cc1F. The van der Waals surface area contributed by atoms with Gasteiger partial charge in [-0.3, -0.25) is 4.79 Å². The number of Topliss-reactive ketones (excluding diaryl/α,β-unsaturated/α-hetero) is 1. The normalized spacial score (nSPS) is 11.4. The van der Waals surface area contributed by atoms with Gasteiger partial charge in [0.25, 0.3) is 0 Å². The van der Waals surface area contributed by atoms with Crippen molar-refractivity contribution in [2.75, 3.05) is 13.2 Å². The van der Waals surface area contributed by atoms with Crippen LogP contribution in [0.15, 0.2) is 18.2 Å². The Hall–Kier alpha value is -1.42. The number of ketones is 1. The second-order valence-electron chi connectivity index (χ2n) is 4.83. The molecule has 18 heavy (non-hydrogen) atoms. The van der Waals surface area contributed by atoms with Gasteiger partial charge in [-0.1, -0.05) is 13.8 Å². The van der Waals surface area contributed by atoms with Crippen LogP contribution in [-0.2, 0) is 0 Å². The van der Waals surface area contributed by atoms with Crippen LogP contribution in [0.4, 0.5) is 4.39 Å². The highest BCUT2D eigenvalue weighted by molar-refractivity contribution is 6.00. The smallest absolute Gasteiger partial charge is 0.168 e. The van der Waals surface area contributed by atoms with Crippen molar-refractivity contribution in [1.82, 2.24) is 0 Å². The van der Waals surface area contributed by atoms with Crippen LogP contribution < -0.4 is 10.5 Å². The highest BCUT2D eigenvalue weighted by atomic mass is 19.1. The molecule has 0 aliphatic carbocycles. The predicted octanol–water partition coefficient (Wildman–Crippen LogP) is 2.78. The fourth-order valence-corrected chi connectivity index (χ4v) is 1.78. The molecule has 0 amide bonds. The zero-order valence-corrected chi connectivity index (χ0v) is 11.1. The molecule has 0 bridgehead atoms. The lowest BCUT2D eigenvalue weighted by Gasteiger charge is -2.22. The van der Waals surface area contributed by atoms with Gasteiger partial charge in [0.15, 0.2) is 17.3 Å². The highest BCUT2D eigenvalue weighted by Gasteiger charge is 2.28. The predicted molar refractivity (Wildman–Crippen MR) is 69.4 cm³/mol. The first kappa shape index (κ1) is 14.6. The number of hydrogen-bond donors (Lipinski definition) is 1. The molecule has 0 heterocycles. The van der Waals surface area contributed by atoms with E-state index in [0.29, 0.717) is 25.1 Å². The van der Waals surface area contributed by atoms with E-state index in [0.717, 1.165) is 0 Å². The molecule has 0 spiro atoms. The Bertz CT molecular complexity index is 430. The van der Waals surface area contributed by atoms with E-state index in [1.165, 1.54) is 12.1 Å². The molecule has 0 radical (unpaired) electrons. The van der Waals surface area contributed by atoms with Crippen molar-refractivity contribution in [3.8, 4) is 5.75 Å². The van der Waals surface area contributed by atoms with Crippen molar-refractivity contribution in [3.63, 3.8) is 0 Å². The van der Waals surface area contributed by atoms with Crippen molar-refractivity contribution < 1.29 is 13.9 Å². The molecule has 4 heteroatoms. The van der Waals surface area contributed by atoms with Crippen molar-refractivity contribution in [2.45, 2.75) is 27.2 Å². The van der Waals surface area contributed by atoms with Gasteiger partial charge in [-0.2, -0.15) is 0 Å². The van der Waals surface area contributed by atoms with Crippen LogP contribution in [0, 0.1) is 11.2 Å². The number of hydrogen-bond acceptors (Lipinski definition) is 3. The zero-order chi connectivity index (χ0) is 13.8. The summed E-state index contributed by atoms with van der Waals surface area (Å²) >= 11 is 0. The van der Waals surface area contributed by atoms with Gasteiger partial charge in [-0.25, -0.2) is 4.39 Å². The maximum Gasteiger partial charge on any atom is 0.168 e. The molecule has 0 aliphatic rings. The van der Waals surface area contributed by atoms with Crippen molar-refractivity contribution >= 4 is 5.78 Å². The lowest BCUT2D eigenvalue weighted by molar-refractivity contribution is 0.0829. The van der Waals surface area contributed by atoms with Gasteiger partial charge in [0, 0.05) is 11.0 Å². The Morgan fingerprint density at radius 1 is 1.44 bits per heavy atom. The van der Waals surface area contributed by atoms with Gasteiger partial charge >= 0.3 is 0 Å². The first-order valence-corrected chi connectivity index (χ1v) is 6.09. The molecule has 0 aromatic heterocycles. The third kappa shape index (κ3) is 3.29. The molecule has 1 rings (SSSR count). The summed E-state index contributed by atoms with van der Waals surface area (Å²) in [5, 5.41) is 0. The molecule has 3 nitrogen and oxygen atoms in total. The van der Waals surface area contributed by atoms with E-state index in [2.05, 4.69) is 0 Å². The van der Waals surface area contributed by atoms with Crippen molar-refractivity contribution in [1.29, 1.82) is 0 Å². The largest absolute Gasteiger partial charge is 0.491 e. The molecule has 1 aromatic carbocycles. The average molecular weight is 253 g/mol. The first-order valence-electron chi connectivity index (χ1n) is 6.09. The van der Waals surface area contributed by atoms with Crippen LogP contribution in [0.2, 0.25) is 0 Å². The first-order chi connectivity index (χ1) is 8.42. The topological polar surface area (TPSA) is 52.3 Å².